The minimum absolute atomic E-state index is 0.720. The maximum atomic E-state index is 4.25. The molecule has 2 heterocycles. The molecule has 1 aliphatic rings. The summed E-state index contributed by atoms with van der Waals surface area (Å²) in [6.45, 7) is 0.720. The third-order valence-electron chi connectivity index (χ3n) is 2.47. The van der Waals surface area contributed by atoms with Gasteiger partial charge in [-0.3, -0.25) is 9.98 Å². The Kier molecular flexibility index (Phi) is 3.15. The van der Waals surface area contributed by atoms with Crippen molar-refractivity contribution < 1.29 is 0 Å². The summed E-state index contributed by atoms with van der Waals surface area (Å²) in [6.07, 6.45) is 9.69. The van der Waals surface area contributed by atoms with Crippen LogP contribution in [-0.4, -0.2) is 36.7 Å². The molecule has 0 saturated carbocycles. The highest BCUT2D eigenvalue weighted by atomic mass is 15.1. The van der Waals surface area contributed by atoms with Crippen LogP contribution in [0.3, 0.4) is 0 Å². The molecule has 1 aliphatic heterocycles. The van der Waals surface area contributed by atoms with Gasteiger partial charge in [0.1, 0.15) is 0 Å². The molecule has 0 amide bonds. The Bertz CT molecular complexity index is 442. The van der Waals surface area contributed by atoms with Crippen LogP contribution in [-0.2, 0) is 0 Å². The topological polar surface area (TPSA) is 28.5 Å². The maximum Gasteiger partial charge on any atom is 0.0580 e. The third kappa shape index (κ3) is 2.19. The summed E-state index contributed by atoms with van der Waals surface area (Å²) in [4.78, 5) is 10.5. The minimum Gasteiger partial charge on any atom is -0.377 e. The van der Waals surface area contributed by atoms with Gasteiger partial charge in [-0.25, -0.2) is 0 Å². The molecule has 0 saturated heterocycles. The summed E-state index contributed by atoms with van der Waals surface area (Å²) in [5, 5.41) is 0. The van der Waals surface area contributed by atoms with Crippen LogP contribution in [0.5, 0.6) is 0 Å². The van der Waals surface area contributed by atoms with Crippen molar-refractivity contribution in [3.63, 3.8) is 0 Å². The van der Waals surface area contributed by atoms with E-state index in [-0.39, 0.29) is 0 Å². The van der Waals surface area contributed by atoms with Crippen LogP contribution in [0.15, 0.2) is 47.4 Å². The zero-order valence-corrected chi connectivity index (χ0v) is 9.59. The van der Waals surface area contributed by atoms with Crippen LogP contribution in [0.1, 0.15) is 5.56 Å². The van der Waals surface area contributed by atoms with Crippen molar-refractivity contribution in [2.75, 3.05) is 20.6 Å². The van der Waals surface area contributed by atoms with Crippen molar-refractivity contribution in [3.05, 3.63) is 47.9 Å². The Hall–Kier alpha value is -1.90. The lowest BCUT2D eigenvalue weighted by atomic mass is 10.0. The molecule has 3 heteroatoms. The van der Waals surface area contributed by atoms with E-state index in [0.29, 0.717) is 0 Å². The van der Waals surface area contributed by atoms with E-state index in [1.807, 2.05) is 38.6 Å². The smallest absolute Gasteiger partial charge is 0.0580 e. The molecule has 0 aliphatic carbocycles. The standard InChI is InChI=1S/C13H15N3/c1-16(2)13-6-9-14-8-5-12(13)11-4-3-7-15-10-11/h3-7,9-10H,8H2,1-2H3. The minimum atomic E-state index is 0.720. The van der Waals surface area contributed by atoms with Crippen LogP contribution in [0.25, 0.3) is 5.57 Å². The molecule has 1 aromatic rings. The maximum absolute atomic E-state index is 4.25. The number of aliphatic imine (C=N–C) groups is 1. The second-order valence-electron chi connectivity index (χ2n) is 3.82. The van der Waals surface area contributed by atoms with E-state index >= 15 is 0 Å². The summed E-state index contributed by atoms with van der Waals surface area (Å²) in [7, 11) is 4.07. The molecule has 82 valence electrons. The molecular formula is C13H15N3. The second-order valence-corrected chi connectivity index (χ2v) is 3.82. The van der Waals surface area contributed by atoms with Gasteiger partial charge in [-0.05, 0) is 12.1 Å². The number of hydrogen-bond acceptors (Lipinski definition) is 3. The normalized spacial score (nSPS) is 15.1. The molecule has 2 rings (SSSR count). The number of allylic oxidation sites excluding steroid dienone is 2. The highest BCUT2D eigenvalue weighted by molar-refractivity contribution is 5.86. The molecule has 0 N–H and O–H groups in total. The van der Waals surface area contributed by atoms with Gasteiger partial charge in [0, 0.05) is 49.5 Å². The lowest BCUT2D eigenvalue weighted by Crippen LogP contribution is -2.12. The van der Waals surface area contributed by atoms with E-state index in [2.05, 4.69) is 27.0 Å². The van der Waals surface area contributed by atoms with Crippen molar-refractivity contribution in [2.24, 2.45) is 4.99 Å². The van der Waals surface area contributed by atoms with Gasteiger partial charge < -0.3 is 4.90 Å². The molecule has 3 nitrogen and oxygen atoms in total. The lowest BCUT2D eigenvalue weighted by molar-refractivity contribution is 0.535. The summed E-state index contributed by atoms with van der Waals surface area (Å²) in [6, 6.07) is 4.02. The highest BCUT2D eigenvalue weighted by Crippen LogP contribution is 2.24. The van der Waals surface area contributed by atoms with E-state index in [1.54, 1.807) is 6.20 Å². The second kappa shape index (κ2) is 4.75. The first-order valence-electron chi connectivity index (χ1n) is 5.27. The summed E-state index contributed by atoms with van der Waals surface area (Å²) in [5.41, 5.74) is 3.48. The summed E-state index contributed by atoms with van der Waals surface area (Å²) < 4.78 is 0. The van der Waals surface area contributed by atoms with Gasteiger partial charge in [0.15, 0.2) is 0 Å². The predicted molar refractivity (Wildman–Crippen MR) is 67.3 cm³/mol. The monoisotopic (exact) mass is 213 g/mol. The van der Waals surface area contributed by atoms with Crippen molar-refractivity contribution >= 4 is 11.8 Å². The molecule has 0 spiro atoms. The first kappa shape index (κ1) is 10.6. The first-order chi connectivity index (χ1) is 7.79. The number of aromatic nitrogens is 1. The average molecular weight is 213 g/mol. The molecule has 16 heavy (non-hydrogen) atoms. The van der Waals surface area contributed by atoms with Crippen molar-refractivity contribution in [2.45, 2.75) is 0 Å². The van der Waals surface area contributed by atoms with E-state index in [9.17, 15) is 0 Å². The van der Waals surface area contributed by atoms with Crippen LogP contribution in [0.2, 0.25) is 0 Å². The van der Waals surface area contributed by atoms with E-state index in [4.69, 9.17) is 0 Å². The van der Waals surface area contributed by atoms with Gasteiger partial charge in [0.05, 0.1) is 6.54 Å². The van der Waals surface area contributed by atoms with E-state index < -0.39 is 0 Å². The Balaban J connectivity index is 2.43. The van der Waals surface area contributed by atoms with E-state index in [0.717, 1.165) is 17.8 Å². The van der Waals surface area contributed by atoms with Gasteiger partial charge in [0.2, 0.25) is 0 Å². The highest BCUT2D eigenvalue weighted by Gasteiger charge is 2.10. The SMILES string of the molecule is CN(C)C1=CC=NCC=C1c1cccnc1. The van der Waals surface area contributed by atoms with Gasteiger partial charge >= 0.3 is 0 Å². The average Bonchev–Trinajstić information content (AvgIpc) is 2.55. The number of nitrogens with zero attached hydrogens (tertiary/aromatic N) is 3. The van der Waals surface area contributed by atoms with Gasteiger partial charge in [0.25, 0.3) is 0 Å². The fourth-order valence-electron chi connectivity index (χ4n) is 1.70. The zero-order valence-electron chi connectivity index (χ0n) is 9.59. The fourth-order valence-corrected chi connectivity index (χ4v) is 1.70. The molecule has 0 unspecified atom stereocenters. The Morgan fingerprint density at radius 3 is 2.88 bits per heavy atom. The Labute approximate surface area is 95.8 Å². The number of likely N-dealkylation sites (N-methyl/N-ethyl adjacent to an activating group) is 1. The quantitative estimate of drug-likeness (QED) is 0.751. The van der Waals surface area contributed by atoms with Crippen molar-refractivity contribution in [3.8, 4) is 0 Å². The van der Waals surface area contributed by atoms with Crippen LogP contribution >= 0.6 is 0 Å². The fraction of sp³-hybridized carbons (Fsp3) is 0.231. The molecule has 0 radical (unpaired) electrons. The van der Waals surface area contributed by atoms with Crippen LogP contribution in [0.4, 0.5) is 0 Å². The molecule has 0 fully saturated rings. The largest absolute Gasteiger partial charge is 0.377 e. The number of pyridine rings is 1. The van der Waals surface area contributed by atoms with Crippen molar-refractivity contribution in [1.29, 1.82) is 0 Å². The third-order valence-corrected chi connectivity index (χ3v) is 2.47. The van der Waals surface area contributed by atoms with E-state index in [1.165, 1.54) is 5.57 Å². The predicted octanol–water partition coefficient (Wildman–Crippen LogP) is 1.99. The van der Waals surface area contributed by atoms with Crippen LogP contribution in [0, 0.1) is 0 Å². The summed E-state index contributed by atoms with van der Waals surface area (Å²) >= 11 is 0. The first-order valence-corrected chi connectivity index (χ1v) is 5.27. The summed E-state index contributed by atoms with van der Waals surface area (Å²) in [5.74, 6) is 0. The molecule has 0 atom stereocenters. The van der Waals surface area contributed by atoms with Crippen LogP contribution < -0.4 is 0 Å². The van der Waals surface area contributed by atoms with Gasteiger partial charge in [-0.15, -0.1) is 0 Å². The van der Waals surface area contributed by atoms with Gasteiger partial charge in [-0.1, -0.05) is 12.1 Å². The number of rotatable bonds is 2. The zero-order chi connectivity index (χ0) is 11.4. The molecule has 0 aromatic carbocycles. The number of hydrogen-bond donors (Lipinski definition) is 0. The lowest BCUT2D eigenvalue weighted by Gasteiger charge is -2.19. The van der Waals surface area contributed by atoms with Crippen molar-refractivity contribution in [1.82, 2.24) is 9.88 Å². The van der Waals surface area contributed by atoms with Gasteiger partial charge in [-0.2, -0.15) is 0 Å². The molecule has 1 aromatic heterocycles. The Morgan fingerprint density at radius 1 is 1.31 bits per heavy atom. The molecular weight excluding hydrogens is 198 g/mol. The Morgan fingerprint density at radius 2 is 2.19 bits per heavy atom. The molecule has 0 bridgehead atoms.